The Balaban J connectivity index is 1.71. The predicted molar refractivity (Wildman–Crippen MR) is 137 cm³/mol. The maximum atomic E-state index is 12.8. The number of carbonyl (C=O) groups is 2. The highest BCUT2D eigenvalue weighted by Crippen LogP contribution is 2.29. The van der Waals surface area contributed by atoms with Crippen LogP contribution in [0.15, 0.2) is 66.3 Å². The smallest absolute Gasteiger partial charge is 0.237 e. The number of methoxy groups -OCH3 is 1. The molecule has 2 aromatic carbocycles. The minimum absolute atomic E-state index is 0.181. The molecule has 3 rings (SSSR count). The van der Waals surface area contributed by atoms with E-state index in [4.69, 9.17) is 9.47 Å². The van der Waals surface area contributed by atoms with E-state index in [2.05, 4.69) is 27.4 Å². The van der Waals surface area contributed by atoms with Crippen molar-refractivity contribution in [1.82, 2.24) is 14.8 Å². The monoisotopic (exact) mass is 495 g/mol. The number of amides is 2. The average molecular weight is 496 g/mol. The number of nitrogens with zero attached hydrogens (tertiary/aromatic N) is 3. The standard InChI is InChI=1S/C25H29N5O4S/c1-6-13-30-23(16(2)34-22-12-8-11-21(15-22)33-5)28-29-25(30)35-17(3)24(32)27-20-10-7-9-19(14-20)26-18(4)31/h6-12,14-17H,1,13H2,2-5H3,(H,26,31)(H,27,32). The summed E-state index contributed by atoms with van der Waals surface area (Å²) < 4.78 is 13.2. The Labute approximate surface area is 208 Å². The first kappa shape index (κ1) is 25.8. The Kier molecular flexibility index (Phi) is 8.91. The van der Waals surface area contributed by atoms with Crippen molar-refractivity contribution in [2.24, 2.45) is 0 Å². The molecule has 0 saturated carbocycles. The molecule has 10 heteroatoms. The predicted octanol–water partition coefficient (Wildman–Crippen LogP) is 4.69. The quantitative estimate of drug-likeness (QED) is 0.293. The number of nitrogens with one attached hydrogen (secondary N) is 2. The zero-order valence-electron chi connectivity index (χ0n) is 20.1. The lowest BCUT2D eigenvalue weighted by Gasteiger charge is -2.17. The van der Waals surface area contributed by atoms with Gasteiger partial charge in [0.1, 0.15) is 11.5 Å². The van der Waals surface area contributed by atoms with Crippen molar-refractivity contribution in [2.75, 3.05) is 17.7 Å². The number of anilines is 2. The van der Waals surface area contributed by atoms with Gasteiger partial charge in [-0.2, -0.15) is 0 Å². The van der Waals surface area contributed by atoms with Crippen LogP contribution in [0.1, 0.15) is 32.7 Å². The van der Waals surface area contributed by atoms with Crippen LogP contribution in [0.5, 0.6) is 11.5 Å². The lowest BCUT2D eigenvalue weighted by molar-refractivity contribution is -0.115. The van der Waals surface area contributed by atoms with Gasteiger partial charge >= 0.3 is 0 Å². The molecule has 0 spiro atoms. The van der Waals surface area contributed by atoms with Gasteiger partial charge in [0.05, 0.1) is 12.4 Å². The number of allylic oxidation sites excluding steroid dienone is 1. The average Bonchev–Trinajstić information content (AvgIpc) is 3.21. The van der Waals surface area contributed by atoms with E-state index in [1.807, 2.05) is 29.7 Å². The van der Waals surface area contributed by atoms with Crippen molar-refractivity contribution < 1.29 is 19.1 Å². The summed E-state index contributed by atoms with van der Waals surface area (Å²) in [7, 11) is 1.60. The summed E-state index contributed by atoms with van der Waals surface area (Å²) in [5.41, 5.74) is 1.19. The summed E-state index contributed by atoms with van der Waals surface area (Å²) in [4.78, 5) is 24.1. The molecule has 0 bridgehead atoms. The minimum atomic E-state index is -0.463. The molecule has 3 aromatic rings. The molecule has 0 aliphatic heterocycles. The number of ether oxygens (including phenoxy) is 2. The SMILES string of the molecule is C=CCn1c(SC(C)C(=O)Nc2cccc(NC(C)=O)c2)nnc1C(C)Oc1cccc(OC)c1. The normalized spacial score (nSPS) is 12.3. The Morgan fingerprint density at radius 3 is 2.46 bits per heavy atom. The van der Waals surface area contributed by atoms with Gasteiger partial charge in [0.2, 0.25) is 11.8 Å². The summed E-state index contributed by atoms with van der Waals surface area (Å²) in [6.07, 6.45) is 1.34. The number of hydrogen-bond donors (Lipinski definition) is 2. The molecule has 1 aromatic heterocycles. The number of rotatable bonds is 11. The number of benzene rings is 2. The number of thioether (sulfide) groups is 1. The van der Waals surface area contributed by atoms with E-state index in [9.17, 15) is 9.59 Å². The molecule has 0 saturated heterocycles. The maximum absolute atomic E-state index is 12.8. The van der Waals surface area contributed by atoms with Gasteiger partial charge in [-0.25, -0.2) is 0 Å². The van der Waals surface area contributed by atoms with Gasteiger partial charge in [-0.3, -0.25) is 14.2 Å². The summed E-state index contributed by atoms with van der Waals surface area (Å²) in [6, 6.07) is 14.3. The molecule has 35 heavy (non-hydrogen) atoms. The molecular formula is C25H29N5O4S. The van der Waals surface area contributed by atoms with Gasteiger partial charge in [0, 0.05) is 30.9 Å². The van der Waals surface area contributed by atoms with Crippen LogP contribution in [0, 0.1) is 0 Å². The van der Waals surface area contributed by atoms with Crippen LogP contribution in [0.2, 0.25) is 0 Å². The lowest BCUT2D eigenvalue weighted by atomic mass is 10.2. The second kappa shape index (κ2) is 12.1. The highest BCUT2D eigenvalue weighted by Gasteiger charge is 2.23. The van der Waals surface area contributed by atoms with E-state index in [0.717, 1.165) is 0 Å². The van der Waals surface area contributed by atoms with Crippen LogP contribution in [-0.2, 0) is 16.1 Å². The number of aromatic nitrogens is 3. The fraction of sp³-hybridized carbons (Fsp3) is 0.280. The Morgan fingerprint density at radius 2 is 1.77 bits per heavy atom. The summed E-state index contributed by atoms with van der Waals surface area (Å²) in [5, 5.41) is 14.3. The molecule has 0 aliphatic rings. The minimum Gasteiger partial charge on any atom is -0.497 e. The van der Waals surface area contributed by atoms with Gasteiger partial charge in [-0.15, -0.1) is 16.8 Å². The van der Waals surface area contributed by atoms with E-state index in [1.165, 1.54) is 18.7 Å². The van der Waals surface area contributed by atoms with Gasteiger partial charge in [-0.1, -0.05) is 30.0 Å². The van der Waals surface area contributed by atoms with Crippen LogP contribution in [-0.4, -0.2) is 38.9 Å². The van der Waals surface area contributed by atoms with E-state index in [-0.39, 0.29) is 11.8 Å². The summed E-state index contributed by atoms with van der Waals surface area (Å²) in [6.45, 7) is 9.40. The fourth-order valence-corrected chi connectivity index (χ4v) is 4.12. The Hall–Kier alpha value is -3.79. The highest BCUT2D eigenvalue weighted by molar-refractivity contribution is 8.00. The largest absolute Gasteiger partial charge is 0.497 e. The van der Waals surface area contributed by atoms with Crippen molar-refractivity contribution in [1.29, 1.82) is 0 Å². The van der Waals surface area contributed by atoms with Crippen LogP contribution >= 0.6 is 11.8 Å². The van der Waals surface area contributed by atoms with E-state index < -0.39 is 11.4 Å². The molecule has 2 atom stereocenters. The van der Waals surface area contributed by atoms with Crippen molar-refractivity contribution in [3.8, 4) is 11.5 Å². The number of carbonyl (C=O) groups excluding carboxylic acids is 2. The van der Waals surface area contributed by atoms with Crippen molar-refractivity contribution in [3.05, 3.63) is 67.0 Å². The van der Waals surface area contributed by atoms with Gasteiger partial charge in [0.25, 0.3) is 0 Å². The van der Waals surface area contributed by atoms with E-state index in [1.54, 1.807) is 50.4 Å². The Morgan fingerprint density at radius 1 is 1.09 bits per heavy atom. The first-order valence-corrected chi connectivity index (χ1v) is 11.9. The number of hydrogen-bond acceptors (Lipinski definition) is 7. The molecule has 1 heterocycles. The van der Waals surface area contributed by atoms with E-state index >= 15 is 0 Å². The molecule has 0 aliphatic carbocycles. The van der Waals surface area contributed by atoms with Gasteiger partial charge in [0.15, 0.2) is 17.1 Å². The molecular weight excluding hydrogens is 466 g/mol. The van der Waals surface area contributed by atoms with Crippen LogP contribution < -0.4 is 20.1 Å². The summed E-state index contributed by atoms with van der Waals surface area (Å²) >= 11 is 1.29. The van der Waals surface area contributed by atoms with Crippen molar-refractivity contribution in [2.45, 2.75) is 43.8 Å². The van der Waals surface area contributed by atoms with Crippen molar-refractivity contribution in [3.63, 3.8) is 0 Å². The van der Waals surface area contributed by atoms with Crippen LogP contribution in [0.3, 0.4) is 0 Å². The van der Waals surface area contributed by atoms with Crippen molar-refractivity contribution >= 4 is 35.0 Å². The molecule has 9 nitrogen and oxygen atoms in total. The van der Waals surface area contributed by atoms with Gasteiger partial charge in [-0.05, 0) is 44.2 Å². The first-order chi connectivity index (χ1) is 16.8. The zero-order valence-corrected chi connectivity index (χ0v) is 21.0. The van der Waals surface area contributed by atoms with E-state index in [0.29, 0.717) is 40.4 Å². The van der Waals surface area contributed by atoms with Gasteiger partial charge < -0.3 is 20.1 Å². The second-order valence-corrected chi connectivity index (χ2v) is 9.00. The first-order valence-electron chi connectivity index (χ1n) is 11.0. The molecule has 2 amide bonds. The third kappa shape index (κ3) is 7.10. The molecule has 0 radical (unpaired) electrons. The third-order valence-electron chi connectivity index (χ3n) is 4.88. The lowest BCUT2D eigenvalue weighted by Crippen LogP contribution is -2.23. The Bertz CT molecular complexity index is 1200. The third-order valence-corrected chi connectivity index (χ3v) is 5.96. The summed E-state index contributed by atoms with van der Waals surface area (Å²) in [5.74, 6) is 1.57. The zero-order chi connectivity index (χ0) is 25.4. The second-order valence-electron chi connectivity index (χ2n) is 7.69. The molecule has 0 fully saturated rings. The maximum Gasteiger partial charge on any atom is 0.237 e. The van der Waals surface area contributed by atoms with Crippen LogP contribution in [0.4, 0.5) is 11.4 Å². The topological polar surface area (TPSA) is 107 Å². The fourth-order valence-electron chi connectivity index (χ4n) is 3.25. The van der Waals surface area contributed by atoms with Crippen LogP contribution in [0.25, 0.3) is 0 Å². The highest BCUT2D eigenvalue weighted by atomic mass is 32.2. The molecule has 184 valence electrons. The molecule has 2 unspecified atom stereocenters. The molecule has 2 N–H and O–H groups in total.